The van der Waals surface area contributed by atoms with E-state index in [2.05, 4.69) is 37.4 Å². The van der Waals surface area contributed by atoms with E-state index in [0.29, 0.717) is 28.8 Å². The van der Waals surface area contributed by atoms with Crippen molar-refractivity contribution in [2.45, 2.75) is 6.92 Å². The molecule has 8 nitrogen and oxygen atoms in total. The van der Waals surface area contributed by atoms with Gasteiger partial charge >= 0.3 is 5.97 Å². The number of carboxylic acid groups (broad SMARTS) is 1. The Balaban J connectivity index is 1.47. The lowest BCUT2D eigenvalue weighted by molar-refractivity contribution is 0.0697. The van der Waals surface area contributed by atoms with Crippen LogP contribution in [0.4, 0.5) is 33.2 Å². The number of likely N-dealkylation sites (N-methyl/N-ethyl adjacent to an activating group) is 1. The van der Waals surface area contributed by atoms with Crippen LogP contribution in [0.2, 0.25) is 0 Å². The molecule has 0 bridgehead atoms. The van der Waals surface area contributed by atoms with Gasteiger partial charge in [0.25, 0.3) is 0 Å². The van der Waals surface area contributed by atoms with Crippen LogP contribution in [0, 0.1) is 12.7 Å². The molecule has 0 atom stereocenters. The lowest BCUT2D eigenvalue weighted by atomic mass is 10.2. The number of carbonyl (C=O) groups is 1. The van der Waals surface area contributed by atoms with Gasteiger partial charge in [0.2, 0.25) is 5.95 Å². The van der Waals surface area contributed by atoms with Gasteiger partial charge in [-0.05, 0) is 56.4 Å². The molecule has 2 aromatic carbocycles. The average Bonchev–Trinajstić information content (AvgIpc) is 2.77. The van der Waals surface area contributed by atoms with Crippen molar-refractivity contribution in [2.75, 3.05) is 48.8 Å². The Morgan fingerprint density at radius 1 is 1.03 bits per heavy atom. The number of carboxylic acids is 1. The van der Waals surface area contributed by atoms with Crippen molar-refractivity contribution in [3.63, 3.8) is 0 Å². The quantitative estimate of drug-likeness (QED) is 0.536. The van der Waals surface area contributed by atoms with Crippen molar-refractivity contribution in [2.24, 2.45) is 0 Å². The summed E-state index contributed by atoms with van der Waals surface area (Å²) in [5.41, 5.74) is 2.88. The van der Waals surface area contributed by atoms with Crippen molar-refractivity contribution >= 4 is 34.8 Å². The molecule has 0 saturated carbocycles. The first kappa shape index (κ1) is 21.5. The van der Waals surface area contributed by atoms with Gasteiger partial charge in [-0.15, -0.1) is 0 Å². The number of piperazine rings is 1. The molecular formula is C23H25FN6O2. The van der Waals surface area contributed by atoms with Crippen LogP contribution in [0.25, 0.3) is 0 Å². The summed E-state index contributed by atoms with van der Waals surface area (Å²) in [6.45, 7) is 5.27. The molecule has 32 heavy (non-hydrogen) atoms. The third kappa shape index (κ3) is 4.94. The molecule has 3 N–H and O–H groups in total. The second kappa shape index (κ2) is 9.19. The smallest absolute Gasteiger partial charge is 0.335 e. The molecule has 2 heterocycles. The fraction of sp³-hybridized carbons (Fsp3) is 0.261. The van der Waals surface area contributed by atoms with E-state index < -0.39 is 5.97 Å². The standard InChI is InChI=1S/C23H25FN6O2/c1-15-14-25-23(28-21(15)26-17-5-3-16(4-6-17)22(31)32)27-18-7-8-20(19(24)13-18)30-11-9-29(2)10-12-30/h3-8,13-14H,9-12H2,1-2H3,(H,31,32)(H2,25,26,27,28). The van der Waals surface area contributed by atoms with E-state index in [1.807, 2.05) is 13.0 Å². The second-order valence-electron chi connectivity index (χ2n) is 7.81. The third-order valence-electron chi connectivity index (χ3n) is 5.41. The predicted molar refractivity (Wildman–Crippen MR) is 123 cm³/mol. The highest BCUT2D eigenvalue weighted by Gasteiger charge is 2.17. The first-order chi connectivity index (χ1) is 15.4. The van der Waals surface area contributed by atoms with E-state index in [4.69, 9.17) is 5.11 Å². The molecule has 1 aliphatic heterocycles. The number of aromatic nitrogens is 2. The summed E-state index contributed by atoms with van der Waals surface area (Å²) in [4.78, 5) is 24.1. The number of anilines is 5. The van der Waals surface area contributed by atoms with Gasteiger partial charge in [0.1, 0.15) is 11.6 Å². The molecule has 4 rings (SSSR count). The van der Waals surface area contributed by atoms with E-state index >= 15 is 0 Å². The molecule has 0 spiro atoms. The van der Waals surface area contributed by atoms with E-state index in [0.717, 1.165) is 31.7 Å². The Morgan fingerprint density at radius 3 is 2.38 bits per heavy atom. The summed E-state index contributed by atoms with van der Waals surface area (Å²) in [7, 11) is 2.07. The van der Waals surface area contributed by atoms with E-state index in [9.17, 15) is 9.18 Å². The van der Waals surface area contributed by atoms with Crippen molar-refractivity contribution < 1.29 is 14.3 Å². The average molecular weight is 436 g/mol. The molecule has 0 amide bonds. The maximum atomic E-state index is 14.8. The van der Waals surface area contributed by atoms with E-state index in [1.54, 1.807) is 24.4 Å². The van der Waals surface area contributed by atoms with Gasteiger partial charge in [-0.3, -0.25) is 0 Å². The number of hydrogen-bond donors (Lipinski definition) is 3. The van der Waals surface area contributed by atoms with Crippen LogP contribution in [0.15, 0.2) is 48.7 Å². The molecule has 1 aliphatic rings. The predicted octanol–water partition coefficient (Wildman–Crippen LogP) is 3.86. The summed E-state index contributed by atoms with van der Waals surface area (Å²) in [5.74, 6) is -0.372. The van der Waals surface area contributed by atoms with Crippen molar-refractivity contribution in [3.8, 4) is 0 Å². The van der Waals surface area contributed by atoms with Crippen LogP contribution in [-0.2, 0) is 0 Å². The Labute approximate surface area is 185 Å². The molecule has 9 heteroatoms. The molecule has 1 aromatic heterocycles. The molecule has 0 unspecified atom stereocenters. The zero-order valence-corrected chi connectivity index (χ0v) is 18.0. The molecule has 1 fully saturated rings. The first-order valence-electron chi connectivity index (χ1n) is 10.3. The van der Waals surface area contributed by atoms with Crippen molar-refractivity contribution in [1.29, 1.82) is 0 Å². The number of halogens is 1. The number of nitrogens with zero attached hydrogens (tertiary/aromatic N) is 4. The molecule has 166 valence electrons. The number of aryl methyl sites for hydroxylation is 1. The summed E-state index contributed by atoms with van der Waals surface area (Å²) >= 11 is 0. The maximum Gasteiger partial charge on any atom is 0.335 e. The highest BCUT2D eigenvalue weighted by atomic mass is 19.1. The Bertz CT molecular complexity index is 1110. The minimum atomic E-state index is -0.980. The zero-order chi connectivity index (χ0) is 22.7. The van der Waals surface area contributed by atoms with Gasteiger partial charge < -0.3 is 25.5 Å². The lowest BCUT2D eigenvalue weighted by Crippen LogP contribution is -2.44. The van der Waals surface area contributed by atoms with Gasteiger partial charge in [-0.25, -0.2) is 14.2 Å². The van der Waals surface area contributed by atoms with Gasteiger partial charge in [0.15, 0.2) is 0 Å². The monoisotopic (exact) mass is 436 g/mol. The number of aromatic carboxylic acids is 1. The summed E-state index contributed by atoms with van der Waals surface area (Å²) in [5, 5.41) is 15.2. The Morgan fingerprint density at radius 2 is 1.72 bits per heavy atom. The Kier molecular flexibility index (Phi) is 6.18. The third-order valence-corrected chi connectivity index (χ3v) is 5.41. The number of nitrogens with one attached hydrogen (secondary N) is 2. The normalized spacial score (nSPS) is 14.3. The van der Waals surface area contributed by atoms with Crippen LogP contribution >= 0.6 is 0 Å². The molecule has 3 aromatic rings. The van der Waals surface area contributed by atoms with Gasteiger partial charge in [-0.1, -0.05) is 0 Å². The van der Waals surface area contributed by atoms with E-state index in [-0.39, 0.29) is 11.4 Å². The SMILES string of the molecule is Cc1cnc(Nc2ccc(N3CCN(C)CC3)c(F)c2)nc1Nc1ccc(C(=O)O)cc1. The van der Waals surface area contributed by atoms with Gasteiger partial charge in [-0.2, -0.15) is 4.98 Å². The molecule has 1 saturated heterocycles. The Hall–Kier alpha value is -3.72. The minimum absolute atomic E-state index is 0.208. The summed E-state index contributed by atoms with van der Waals surface area (Å²) in [6.07, 6.45) is 1.66. The fourth-order valence-electron chi connectivity index (χ4n) is 3.48. The van der Waals surface area contributed by atoms with Crippen LogP contribution < -0.4 is 15.5 Å². The largest absolute Gasteiger partial charge is 0.478 e. The zero-order valence-electron chi connectivity index (χ0n) is 18.0. The van der Waals surface area contributed by atoms with Crippen LogP contribution in [0.1, 0.15) is 15.9 Å². The number of rotatable bonds is 6. The molecule has 0 aliphatic carbocycles. The number of hydrogen-bond acceptors (Lipinski definition) is 7. The van der Waals surface area contributed by atoms with Crippen LogP contribution in [-0.4, -0.2) is 59.2 Å². The van der Waals surface area contributed by atoms with Crippen molar-refractivity contribution in [1.82, 2.24) is 14.9 Å². The lowest BCUT2D eigenvalue weighted by Gasteiger charge is -2.34. The van der Waals surface area contributed by atoms with Crippen LogP contribution in [0.5, 0.6) is 0 Å². The molecule has 0 radical (unpaired) electrons. The minimum Gasteiger partial charge on any atom is -0.478 e. The summed E-state index contributed by atoms with van der Waals surface area (Å²) in [6, 6.07) is 11.4. The maximum absolute atomic E-state index is 14.8. The second-order valence-corrected chi connectivity index (χ2v) is 7.81. The topological polar surface area (TPSA) is 93.6 Å². The van der Waals surface area contributed by atoms with Gasteiger partial charge in [0, 0.05) is 49.3 Å². The fourth-order valence-corrected chi connectivity index (χ4v) is 3.48. The number of benzene rings is 2. The van der Waals surface area contributed by atoms with Crippen molar-refractivity contribution in [3.05, 3.63) is 65.6 Å². The highest BCUT2D eigenvalue weighted by Crippen LogP contribution is 2.26. The first-order valence-corrected chi connectivity index (χ1v) is 10.3. The van der Waals surface area contributed by atoms with E-state index in [1.165, 1.54) is 18.2 Å². The van der Waals surface area contributed by atoms with Crippen LogP contribution in [0.3, 0.4) is 0 Å². The molecular weight excluding hydrogens is 411 g/mol. The summed E-state index contributed by atoms with van der Waals surface area (Å²) < 4.78 is 14.8. The van der Waals surface area contributed by atoms with Gasteiger partial charge in [0.05, 0.1) is 11.3 Å². The highest BCUT2D eigenvalue weighted by molar-refractivity contribution is 5.88.